The van der Waals surface area contributed by atoms with Crippen molar-refractivity contribution in [3.63, 3.8) is 0 Å². The van der Waals surface area contributed by atoms with Gasteiger partial charge in [-0.3, -0.25) is 4.90 Å². The van der Waals surface area contributed by atoms with Crippen LogP contribution in [-0.2, 0) is 11.3 Å². The van der Waals surface area contributed by atoms with Crippen LogP contribution in [0.5, 0.6) is 5.75 Å². The number of amides is 1. The molecule has 2 aliphatic rings. The molecular formula is C15H17F3N2O3. The number of hydrogen-bond donors (Lipinski definition) is 1. The predicted molar refractivity (Wildman–Crippen MR) is 74.9 cm³/mol. The smallest absolute Gasteiger partial charge is 0.441 e. The fourth-order valence-electron chi connectivity index (χ4n) is 2.97. The van der Waals surface area contributed by atoms with Gasteiger partial charge in [-0.1, -0.05) is 12.1 Å². The molecule has 2 fully saturated rings. The van der Waals surface area contributed by atoms with Crippen LogP contribution in [0.25, 0.3) is 0 Å². The number of halogens is 3. The zero-order valence-electron chi connectivity index (χ0n) is 12.4. The Bertz CT molecular complexity index is 568. The Morgan fingerprint density at radius 1 is 1.22 bits per heavy atom. The van der Waals surface area contributed by atoms with Crippen molar-refractivity contribution >= 4 is 6.09 Å². The maximum Gasteiger partial charge on any atom is 0.573 e. The number of ether oxygens (including phenoxy) is 2. The zero-order chi connectivity index (χ0) is 16.5. The quantitative estimate of drug-likeness (QED) is 0.926. The average molecular weight is 330 g/mol. The summed E-state index contributed by atoms with van der Waals surface area (Å²) >= 11 is 0. The number of nitrogens with zero attached hydrogens (tertiary/aromatic N) is 1. The lowest BCUT2D eigenvalue weighted by Crippen LogP contribution is -2.44. The fraction of sp³-hybridized carbons (Fsp3) is 0.533. The van der Waals surface area contributed by atoms with Crippen LogP contribution in [-0.4, -0.2) is 42.6 Å². The zero-order valence-corrected chi connectivity index (χ0v) is 12.4. The van der Waals surface area contributed by atoms with Crippen LogP contribution >= 0.6 is 0 Å². The molecule has 126 valence electrons. The van der Waals surface area contributed by atoms with Crippen LogP contribution < -0.4 is 10.1 Å². The second kappa shape index (κ2) is 5.92. The van der Waals surface area contributed by atoms with Gasteiger partial charge in [-0.05, 0) is 30.8 Å². The highest BCUT2D eigenvalue weighted by molar-refractivity contribution is 5.70. The third-order valence-corrected chi connectivity index (χ3v) is 4.09. The van der Waals surface area contributed by atoms with Crippen molar-refractivity contribution in [3.05, 3.63) is 29.8 Å². The predicted octanol–water partition coefficient (Wildman–Crippen LogP) is 2.66. The van der Waals surface area contributed by atoms with E-state index in [-0.39, 0.29) is 11.8 Å². The lowest BCUT2D eigenvalue weighted by molar-refractivity contribution is -0.274. The minimum Gasteiger partial charge on any atom is -0.441 e. The van der Waals surface area contributed by atoms with E-state index >= 15 is 0 Å². The first-order valence-electron chi connectivity index (χ1n) is 7.39. The summed E-state index contributed by atoms with van der Waals surface area (Å²) in [6.45, 7) is 2.43. The van der Waals surface area contributed by atoms with Gasteiger partial charge in [0.25, 0.3) is 0 Å². The first-order valence-corrected chi connectivity index (χ1v) is 7.39. The van der Waals surface area contributed by atoms with Crippen molar-refractivity contribution in [1.29, 1.82) is 0 Å². The van der Waals surface area contributed by atoms with Crippen molar-refractivity contribution in [1.82, 2.24) is 10.2 Å². The lowest BCUT2D eigenvalue weighted by Gasteiger charge is -2.31. The van der Waals surface area contributed by atoms with Crippen LogP contribution in [0.1, 0.15) is 18.4 Å². The van der Waals surface area contributed by atoms with Gasteiger partial charge in [0.05, 0.1) is 6.54 Å². The Morgan fingerprint density at radius 2 is 1.87 bits per heavy atom. The standard InChI is InChI=1S/C15H17F3N2O3/c16-15(17,18)22-12-3-1-11(2-4-12)9-20-10-14(23-13(20)21)5-7-19-8-6-14/h1-4,19H,5-10H2. The van der Waals surface area contributed by atoms with Crippen LogP contribution in [0, 0.1) is 0 Å². The molecule has 2 aliphatic heterocycles. The molecule has 2 heterocycles. The Morgan fingerprint density at radius 3 is 2.48 bits per heavy atom. The molecular weight excluding hydrogens is 313 g/mol. The molecule has 23 heavy (non-hydrogen) atoms. The molecule has 0 bridgehead atoms. The number of carbonyl (C=O) groups is 1. The molecule has 0 radical (unpaired) electrons. The van der Waals surface area contributed by atoms with E-state index in [9.17, 15) is 18.0 Å². The molecule has 1 amide bonds. The van der Waals surface area contributed by atoms with E-state index in [0.717, 1.165) is 31.5 Å². The second-order valence-corrected chi connectivity index (χ2v) is 5.85. The molecule has 8 heteroatoms. The van der Waals surface area contributed by atoms with Crippen LogP contribution in [0.2, 0.25) is 0 Å². The van der Waals surface area contributed by atoms with Crippen LogP contribution in [0.3, 0.4) is 0 Å². The molecule has 0 aromatic heterocycles. The summed E-state index contributed by atoms with van der Waals surface area (Å²) in [4.78, 5) is 13.6. The minimum absolute atomic E-state index is 0.278. The first-order chi connectivity index (χ1) is 10.9. The third-order valence-electron chi connectivity index (χ3n) is 4.09. The number of piperidine rings is 1. The Kier molecular flexibility index (Phi) is 4.09. The number of rotatable bonds is 3. The number of benzene rings is 1. The molecule has 1 aromatic rings. The van der Waals surface area contributed by atoms with Gasteiger partial charge in [0.2, 0.25) is 0 Å². The first kappa shape index (κ1) is 15.9. The van der Waals surface area contributed by atoms with E-state index in [0.29, 0.717) is 13.1 Å². The summed E-state index contributed by atoms with van der Waals surface area (Å²) in [5.74, 6) is -0.278. The molecule has 0 atom stereocenters. The van der Waals surface area contributed by atoms with Crippen molar-refractivity contribution in [3.8, 4) is 5.75 Å². The monoisotopic (exact) mass is 330 g/mol. The summed E-state index contributed by atoms with van der Waals surface area (Å²) in [6, 6.07) is 5.51. The van der Waals surface area contributed by atoms with E-state index in [4.69, 9.17) is 4.74 Å². The van der Waals surface area contributed by atoms with E-state index < -0.39 is 12.0 Å². The van der Waals surface area contributed by atoms with Crippen molar-refractivity contribution in [2.24, 2.45) is 0 Å². The van der Waals surface area contributed by atoms with Gasteiger partial charge in [-0.2, -0.15) is 0 Å². The lowest BCUT2D eigenvalue weighted by atomic mass is 9.92. The Hall–Kier alpha value is -1.96. The molecule has 1 N–H and O–H groups in total. The van der Waals surface area contributed by atoms with Crippen LogP contribution in [0.15, 0.2) is 24.3 Å². The molecule has 5 nitrogen and oxygen atoms in total. The van der Waals surface area contributed by atoms with E-state index in [2.05, 4.69) is 10.1 Å². The van der Waals surface area contributed by atoms with Gasteiger partial charge in [0.1, 0.15) is 11.4 Å². The Labute approximate surface area is 131 Å². The highest BCUT2D eigenvalue weighted by Gasteiger charge is 2.45. The van der Waals surface area contributed by atoms with Gasteiger partial charge >= 0.3 is 12.5 Å². The van der Waals surface area contributed by atoms with Crippen molar-refractivity contribution in [2.45, 2.75) is 31.3 Å². The minimum atomic E-state index is -4.71. The van der Waals surface area contributed by atoms with Gasteiger partial charge < -0.3 is 14.8 Å². The summed E-state index contributed by atoms with van der Waals surface area (Å²) in [7, 11) is 0. The third kappa shape index (κ3) is 3.87. The number of carbonyl (C=O) groups excluding carboxylic acids is 1. The van der Waals surface area contributed by atoms with Gasteiger partial charge in [-0.15, -0.1) is 13.2 Å². The van der Waals surface area contributed by atoms with E-state index in [1.807, 2.05) is 0 Å². The summed E-state index contributed by atoms with van der Waals surface area (Å²) in [6.07, 6.45) is -3.54. The summed E-state index contributed by atoms with van der Waals surface area (Å²) < 4.78 is 45.7. The van der Waals surface area contributed by atoms with E-state index in [1.54, 1.807) is 4.90 Å². The van der Waals surface area contributed by atoms with Gasteiger partial charge in [-0.25, -0.2) is 4.79 Å². The highest BCUT2D eigenvalue weighted by atomic mass is 19.4. The number of alkyl halides is 3. The molecule has 1 aromatic carbocycles. The summed E-state index contributed by atoms with van der Waals surface area (Å²) in [5, 5.41) is 3.22. The number of nitrogens with one attached hydrogen (secondary N) is 1. The van der Waals surface area contributed by atoms with Crippen molar-refractivity contribution < 1.29 is 27.4 Å². The SMILES string of the molecule is O=C1OC2(CCNCC2)CN1Cc1ccc(OC(F)(F)F)cc1. The molecule has 0 unspecified atom stereocenters. The molecule has 0 saturated carbocycles. The second-order valence-electron chi connectivity index (χ2n) is 5.85. The molecule has 3 rings (SSSR count). The van der Waals surface area contributed by atoms with E-state index in [1.165, 1.54) is 24.3 Å². The fourth-order valence-corrected chi connectivity index (χ4v) is 2.97. The maximum atomic E-state index is 12.1. The summed E-state index contributed by atoms with van der Waals surface area (Å²) in [5.41, 5.74) is 0.296. The molecule has 2 saturated heterocycles. The van der Waals surface area contributed by atoms with Crippen molar-refractivity contribution in [2.75, 3.05) is 19.6 Å². The highest BCUT2D eigenvalue weighted by Crippen LogP contribution is 2.32. The maximum absolute atomic E-state index is 12.1. The Balaban J connectivity index is 1.62. The van der Waals surface area contributed by atoms with Crippen LogP contribution in [0.4, 0.5) is 18.0 Å². The van der Waals surface area contributed by atoms with Gasteiger partial charge in [0.15, 0.2) is 0 Å². The molecule has 1 spiro atoms. The topological polar surface area (TPSA) is 50.8 Å². The van der Waals surface area contributed by atoms with Gasteiger partial charge in [0, 0.05) is 19.4 Å². The molecule has 0 aliphatic carbocycles. The largest absolute Gasteiger partial charge is 0.573 e. The average Bonchev–Trinajstić information content (AvgIpc) is 2.76. The normalized spacial score (nSPS) is 20.7. The number of hydrogen-bond acceptors (Lipinski definition) is 4.